The van der Waals surface area contributed by atoms with Crippen molar-refractivity contribution in [2.75, 3.05) is 9.80 Å². The van der Waals surface area contributed by atoms with Gasteiger partial charge in [-0.05, 0) is 144 Å². The van der Waals surface area contributed by atoms with Gasteiger partial charge in [-0.25, -0.2) is 0 Å². The summed E-state index contributed by atoms with van der Waals surface area (Å²) in [6.45, 7) is -0.158. The Morgan fingerprint density at radius 3 is 1.03 bits per heavy atom. The van der Waals surface area contributed by atoms with Crippen molar-refractivity contribution in [3.05, 3.63) is 261 Å². The highest BCUT2D eigenvalue weighted by atomic mass is 16.5. The molecule has 15 rings (SSSR count). The first-order valence-electron chi connectivity index (χ1n) is 24.9. The highest BCUT2D eigenvalue weighted by Gasteiger charge is 2.42. The van der Waals surface area contributed by atoms with Gasteiger partial charge in [0, 0.05) is 61.7 Å². The summed E-state index contributed by atoms with van der Waals surface area (Å²) in [6.07, 6.45) is 0. The predicted octanol–water partition coefficient (Wildman–Crippen LogP) is 15.5. The third-order valence-corrected chi connectivity index (χ3v) is 14.8. The van der Waals surface area contributed by atoms with Crippen LogP contribution in [-0.2, 0) is 0 Å². The molecule has 0 saturated carbocycles. The van der Waals surface area contributed by atoms with Gasteiger partial charge in [0.05, 0.1) is 32.8 Å². The number of hydrogen-bond acceptors (Lipinski definition) is 4. The molecule has 0 fully saturated rings. The lowest BCUT2D eigenvalue weighted by atomic mass is 9.34. The van der Waals surface area contributed by atoms with Crippen LogP contribution in [0.5, 0.6) is 23.0 Å². The van der Waals surface area contributed by atoms with E-state index in [4.69, 9.17) is 9.47 Å². The summed E-state index contributed by atoms with van der Waals surface area (Å²) in [5.74, 6) is 3.36. The Kier molecular flexibility index (Phi) is 9.26. The normalized spacial score (nSPS) is 12.3. The van der Waals surface area contributed by atoms with Crippen LogP contribution in [-0.4, -0.2) is 15.8 Å². The predicted molar refractivity (Wildman–Crippen MR) is 302 cm³/mol. The van der Waals surface area contributed by atoms with Gasteiger partial charge in [-0.3, -0.25) is 0 Å². The summed E-state index contributed by atoms with van der Waals surface area (Å²) in [5, 5.41) is 4.39. The summed E-state index contributed by atoms with van der Waals surface area (Å²) in [6, 6.07) is 92.9. The molecule has 13 aromatic rings. The van der Waals surface area contributed by atoms with Crippen molar-refractivity contribution in [1.29, 1.82) is 0 Å². The number of nitrogens with zero attached hydrogens (tertiary/aromatic N) is 4. The van der Waals surface area contributed by atoms with Crippen molar-refractivity contribution in [3.63, 3.8) is 0 Å². The molecular weight excluding hydrogens is 892 g/mol. The van der Waals surface area contributed by atoms with Gasteiger partial charge in [-0.15, -0.1) is 0 Å². The number of rotatable bonds is 8. The van der Waals surface area contributed by atoms with Gasteiger partial charge in [0.1, 0.15) is 23.0 Å². The highest BCUT2D eigenvalue weighted by Crippen LogP contribution is 2.48. The fourth-order valence-electron chi connectivity index (χ4n) is 11.7. The van der Waals surface area contributed by atoms with Crippen molar-refractivity contribution in [3.8, 4) is 34.4 Å². The van der Waals surface area contributed by atoms with E-state index in [0.717, 1.165) is 128 Å². The van der Waals surface area contributed by atoms with E-state index >= 15 is 0 Å². The zero-order valence-corrected chi connectivity index (χ0v) is 39.5. The molecule has 342 valence electrons. The van der Waals surface area contributed by atoms with Gasteiger partial charge < -0.3 is 28.4 Å². The first-order valence-corrected chi connectivity index (χ1v) is 24.9. The van der Waals surface area contributed by atoms with Crippen molar-refractivity contribution in [2.45, 2.75) is 0 Å². The molecule has 0 atom stereocenters. The van der Waals surface area contributed by atoms with Crippen LogP contribution in [0.4, 0.5) is 34.1 Å². The molecule has 0 radical (unpaired) electrons. The SMILES string of the molecule is c1ccc(N(c2ccccc2)c2ccc3c4c5c(ccc4n(-c4ccccc4)c3c2)B2c3ccc4c(c3Oc3cccc(c32)O5)c2ccc(N(c3ccccc3)c3ccccc3)cc2n4-c2ccccc2)cc1. The molecule has 0 spiro atoms. The molecule has 7 heteroatoms. The molecule has 6 nitrogen and oxygen atoms in total. The molecule has 0 aliphatic carbocycles. The Balaban J connectivity index is 0.959. The van der Waals surface area contributed by atoms with Crippen LogP contribution in [0.15, 0.2) is 261 Å². The molecule has 2 aliphatic heterocycles. The second-order valence-corrected chi connectivity index (χ2v) is 18.8. The van der Waals surface area contributed by atoms with Gasteiger partial charge in [0.25, 0.3) is 6.71 Å². The number of benzene rings is 11. The number of aromatic nitrogens is 2. The minimum Gasteiger partial charge on any atom is -0.458 e. The number of anilines is 6. The summed E-state index contributed by atoms with van der Waals surface area (Å²) in [5.41, 5.74) is 16.2. The standard InChI is InChI=1S/C66H43BN4O2/c1-7-20-44(21-8-1)68(45-22-9-2-10-23-45)50-34-36-52-58(42-50)70(48-28-15-5-16-29-48)56-40-38-54-65(62(52)56)72-60-32-19-33-61-64(60)67(54)55-39-41-57-63(66(55)73-61)53-37-35-51(43-59(53)71(57)49-30-17-6-18-31-49)69(46-24-11-3-12-25-46)47-26-13-4-14-27-47/h1-43H. The molecule has 0 amide bonds. The van der Waals surface area contributed by atoms with Crippen molar-refractivity contribution in [1.82, 2.24) is 9.13 Å². The Morgan fingerprint density at radius 1 is 0.301 bits per heavy atom. The first kappa shape index (κ1) is 41.1. The molecule has 0 N–H and O–H groups in total. The minimum absolute atomic E-state index is 0.158. The second-order valence-electron chi connectivity index (χ2n) is 18.8. The van der Waals surface area contributed by atoms with Gasteiger partial charge >= 0.3 is 0 Å². The van der Waals surface area contributed by atoms with E-state index in [0.29, 0.717) is 0 Å². The monoisotopic (exact) mass is 934 g/mol. The molecule has 2 aromatic heterocycles. The smallest absolute Gasteiger partial charge is 0.260 e. The average molecular weight is 935 g/mol. The number of hydrogen-bond donors (Lipinski definition) is 0. The molecule has 11 aromatic carbocycles. The minimum atomic E-state index is -0.158. The topological polar surface area (TPSA) is 34.8 Å². The van der Waals surface area contributed by atoms with E-state index < -0.39 is 0 Å². The fraction of sp³-hybridized carbons (Fsp3) is 0. The third kappa shape index (κ3) is 6.39. The maximum absolute atomic E-state index is 7.24. The van der Waals surface area contributed by atoms with Crippen LogP contribution < -0.4 is 35.7 Å². The van der Waals surface area contributed by atoms with Crippen LogP contribution in [0.1, 0.15) is 0 Å². The summed E-state index contributed by atoms with van der Waals surface area (Å²) >= 11 is 0. The van der Waals surface area contributed by atoms with Gasteiger partial charge in [-0.1, -0.05) is 127 Å². The molecule has 0 bridgehead atoms. The van der Waals surface area contributed by atoms with Crippen molar-refractivity contribution >= 4 is 101 Å². The lowest BCUT2D eigenvalue weighted by Gasteiger charge is -2.33. The Hall–Kier alpha value is -9.72. The lowest BCUT2D eigenvalue weighted by Crippen LogP contribution is -2.57. The zero-order chi connectivity index (χ0) is 48.0. The largest absolute Gasteiger partial charge is 0.458 e. The third-order valence-electron chi connectivity index (χ3n) is 14.8. The Morgan fingerprint density at radius 2 is 0.658 bits per heavy atom. The quantitative estimate of drug-likeness (QED) is 0.142. The van der Waals surface area contributed by atoms with Crippen LogP contribution in [0.25, 0.3) is 55.0 Å². The van der Waals surface area contributed by atoms with Gasteiger partial charge in [0.2, 0.25) is 0 Å². The van der Waals surface area contributed by atoms with Crippen LogP contribution in [0.2, 0.25) is 0 Å². The van der Waals surface area contributed by atoms with E-state index in [1.807, 2.05) is 0 Å². The van der Waals surface area contributed by atoms with E-state index in [1.165, 1.54) is 0 Å². The number of fused-ring (bicyclic) bond motifs is 12. The first-order chi connectivity index (χ1) is 36.2. The molecule has 2 aliphatic rings. The zero-order valence-electron chi connectivity index (χ0n) is 39.5. The van der Waals surface area contributed by atoms with E-state index in [2.05, 4.69) is 280 Å². The number of para-hydroxylation sites is 6. The van der Waals surface area contributed by atoms with E-state index in [9.17, 15) is 0 Å². The maximum atomic E-state index is 7.24. The van der Waals surface area contributed by atoms with Crippen molar-refractivity contribution in [2.24, 2.45) is 0 Å². The highest BCUT2D eigenvalue weighted by molar-refractivity contribution is 6.98. The maximum Gasteiger partial charge on any atom is 0.260 e. The molecule has 73 heavy (non-hydrogen) atoms. The van der Waals surface area contributed by atoms with E-state index in [-0.39, 0.29) is 6.71 Å². The van der Waals surface area contributed by atoms with Crippen LogP contribution >= 0.6 is 0 Å². The van der Waals surface area contributed by atoms with Crippen LogP contribution in [0, 0.1) is 0 Å². The van der Waals surface area contributed by atoms with Crippen LogP contribution in [0.3, 0.4) is 0 Å². The summed E-state index contributed by atoms with van der Waals surface area (Å²) in [4.78, 5) is 4.65. The molecule has 0 unspecified atom stereocenters. The average Bonchev–Trinajstić information content (AvgIpc) is 3.98. The Labute approximate surface area is 422 Å². The van der Waals surface area contributed by atoms with Gasteiger partial charge in [0.15, 0.2) is 0 Å². The molecular formula is C66H43BN4O2. The molecule has 4 heterocycles. The van der Waals surface area contributed by atoms with Gasteiger partial charge in [-0.2, -0.15) is 0 Å². The number of ether oxygens (including phenoxy) is 2. The van der Waals surface area contributed by atoms with Crippen molar-refractivity contribution < 1.29 is 9.47 Å². The second kappa shape index (κ2) is 16.4. The lowest BCUT2D eigenvalue weighted by molar-refractivity contribution is 0.470. The summed E-state index contributed by atoms with van der Waals surface area (Å²) < 4.78 is 19.3. The molecule has 0 saturated heterocycles. The van der Waals surface area contributed by atoms with E-state index in [1.54, 1.807) is 0 Å². The Bertz CT molecular complexity index is 3910. The summed E-state index contributed by atoms with van der Waals surface area (Å²) in [7, 11) is 0. The fourth-order valence-corrected chi connectivity index (χ4v) is 11.7.